The average molecular weight is 346 g/mol. The van der Waals surface area contributed by atoms with Gasteiger partial charge in [-0.05, 0) is 36.6 Å². The maximum absolute atomic E-state index is 12.5. The monoisotopic (exact) mass is 345 g/mol. The first kappa shape index (κ1) is 15.7. The van der Waals surface area contributed by atoms with Crippen molar-refractivity contribution < 1.29 is 9.53 Å². The average Bonchev–Trinajstić information content (AvgIpc) is 2.71. The Hall–Kier alpha value is -1.82. The molecule has 3 aliphatic rings. The smallest absolute Gasteiger partial charge is 0.253 e. The van der Waals surface area contributed by atoms with Gasteiger partial charge >= 0.3 is 0 Å². The van der Waals surface area contributed by atoms with Crippen molar-refractivity contribution in [1.82, 2.24) is 4.90 Å². The lowest BCUT2D eigenvalue weighted by Gasteiger charge is -2.26. The quantitative estimate of drug-likeness (QED) is 0.865. The topological polar surface area (TPSA) is 53.6 Å². The summed E-state index contributed by atoms with van der Waals surface area (Å²) in [5, 5.41) is 7.17. The molecule has 2 N–H and O–H groups in total. The Balaban J connectivity index is 1.58. The fourth-order valence-electron chi connectivity index (χ4n) is 3.30. The summed E-state index contributed by atoms with van der Waals surface area (Å²) in [5.41, 5.74) is 4.49. The second-order valence-electron chi connectivity index (χ2n) is 6.33. The number of rotatable bonds is 2. The molecule has 1 aromatic rings. The van der Waals surface area contributed by atoms with Gasteiger partial charge in [0.2, 0.25) is 0 Å². The van der Waals surface area contributed by atoms with E-state index < -0.39 is 0 Å². The Bertz CT molecular complexity index is 736. The van der Waals surface area contributed by atoms with Crippen LogP contribution in [-0.4, -0.2) is 37.1 Å². The highest BCUT2D eigenvalue weighted by molar-refractivity contribution is 6.30. The molecule has 6 heteroatoms. The first-order chi connectivity index (χ1) is 11.7. The summed E-state index contributed by atoms with van der Waals surface area (Å²) in [4.78, 5) is 14.9. The van der Waals surface area contributed by atoms with Crippen molar-refractivity contribution in [2.45, 2.75) is 19.4 Å². The van der Waals surface area contributed by atoms with Crippen LogP contribution in [0.1, 0.15) is 18.4 Å². The fraction of sp³-hybridized carbons (Fsp3) is 0.389. The van der Waals surface area contributed by atoms with Crippen LogP contribution >= 0.6 is 11.6 Å². The van der Waals surface area contributed by atoms with E-state index in [2.05, 4.69) is 27.7 Å². The standard InChI is InChI=1S/C18H20ClN3O2/c19-13-2-3-14-16(10-13)20-15-4-1-12(9-17(15)21-18(14)23)11-22-5-7-24-8-6-22/h1,4,9-10,20H,2-3,5-8,11H2,(H,21,23). The van der Waals surface area contributed by atoms with E-state index in [0.717, 1.165) is 60.5 Å². The van der Waals surface area contributed by atoms with Crippen LogP contribution in [0.15, 0.2) is 40.6 Å². The normalized spacial score (nSPS) is 21.2. The SMILES string of the molecule is O=C1Nc2cc(CN3CCOCC3)ccc2NC2=C1CCC(Cl)=C2. The highest BCUT2D eigenvalue weighted by Crippen LogP contribution is 2.34. The molecule has 126 valence electrons. The largest absolute Gasteiger partial charge is 0.379 e. The number of allylic oxidation sites excluding steroid dienone is 2. The number of hydrogen-bond acceptors (Lipinski definition) is 4. The minimum atomic E-state index is -0.0415. The molecule has 5 nitrogen and oxygen atoms in total. The Kier molecular flexibility index (Phi) is 4.31. The van der Waals surface area contributed by atoms with Crippen molar-refractivity contribution in [3.8, 4) is 0 Å². The first-order valence-corrected chi connectivity index (χ1v) is 8.67. The second-order valence-corrected chi connectivity index (χ2v) is 6.82. The number of hydrogen-bond donors (Lipinski definition) is 2. The second kappa shape index (κ2) is 6.59. The Morgan fingerprint density at radius 1 is 1.12 bits per heavy atom. The van der Waals surface area contributed by atoms with E-state index in [1.807, 2.05) is 12.1 Å². The molecule has 0 radical (unpaired) electrons. The molecule has 0 spiro atoms. The molecule has 1 saturated heterocycles. The summed E-state index contributed by atoms with van der Waals surface area (Å²) in [6, 6.07) is 6.18. The van der Waals surface area contributed by atoms with E-state index in [9.17, 15) is 4.79 Å². The number of anilines is 2. The molecular weight excluding hydrogens is 326 g/mol. The number of fused-ring (bicyclic) bond motifs is 1. The summed E-state index contributed by atoms with van der Waals surface area (Å²) in [6.07, 6.45) is 3.24. The maximum atomic E-state index is 12.5. The molecule has 1 aromatic carbocycles. The van der Waals surface area contributed by atoms with Gasteiger partial charge in [-0.15, -0.1) is 0 Å². The third-order valence-corrected chi connectivity index (χ3v) is 4.92. The zero-order valence-corrected chi connectivity index (χ0v) is 14.2. The van der Waals surface area contributed by atoms with Gasteiger partial charge in [0, 0.05) is 35.9 Å². The van der Waals surface area contributed by atoms with E-state index >= 15 is 0 Å². The number of nitrogens with zero attached hydrogens (tertiary/aromatic N) is 1. The molecule has 1 aliphatic carbocycles. The summed E-state index contributed by atoms with van der Waals surface area (Å²) in [7, 11) is 0. The minimum absolute atomic E-state index is 0.0415. The van der Waals surface area contributed by atoms with Gasteiger partial charge in [0.05, 0.1) is 24.6 Å². The summed E-state index contributed by atoms with van der Waals surface area (Å²) >= 11 is 6.14. The van der Waals surface area contributed by atoms with Crippen LogP contribution in [0.2, 0.25) is 0 Å². The van der Waals surface area contributed by atoms with Gasteiger partial charge in [0.15, 0.2) is 0 Å². The predicted octanol–water partition coefficient (Wildman–Crippen LogP) is 3.05. The number of nitrogens with one attached hydrogen (secondary N) is 2. The zero-order valence-electron chi connectivity index (χ0n) is 13.4. The van der Waals surface area contributed by atoms with E-state index in [1.54, 1.807) is 0 Å². The highest BCUT2D eigenvalue weighted by Gasteiger charge is 2.24. The van der Waals surface area contributed by atoms with Crippen LogP contribution in [0.5, 0.6) is 0 Å². The van der Waals surface area contributed by atoms with Gasteiger partial charge < -0.3 is 15.4 Å². The third-order valence-electron chi connectivity index (χ3n) is 4.63. The molecule has 4 rings (SSSR count). The van der Waals surface area contributed by atoms with Crippen LogP contribution < -0.4 is 10.6 Å². The first-order valence-electron chi connectivity index (χ1n) is 8.30. The molecule has 0 aromatic heterocycles. The van der Waals surface area contributed by atoms with Crippen molar-refractivity contribution in [2.75, 3.05) is 36.9 Å². The third kappa shape index (κ3) is 3.20. The molecule has 2 heterocycles. The van der Waals surface area contributed by atoms with Gasteiger partial charge in [-0.25, -0.2) is 0 Å². The van der Waals surface area contributed by atoms with Crippen molar-refractivity contribution in [2.24, 2.45) is 0 Å². The van der Waals surface area contributed by atoms with Crippen molar-refractivity contribution in [1.29, 1.82) is 0 Å². The molecule has 0 unspecified atom stereocenters. The molecule has 0 bridgehead atoms. The van der Waals surface area contributed by atoms with Gasteiger partial charge in [-0.1, -0.05) is 17.7 Å². The van der Waals surface area contributed by atoms with Gasteiger partial charge in [-0.2, -0.15) is 0 Å². The molecular formula is C18H20ClN3O2. The fourth-order valence-corrected chi connectivity index (χ4v) is 3.51. The lowest BCUT2D eigenvalue weighted by Crippen LogP contribution is -2.35. The number of morpholine rings is 1. The van der Waals surface area contributed by atoms with Crippen LogP contribution in [0.4, 0.5) is 11.4 Å². The zero-order chi connectivity index (χ0) is 16.5. The van der Waals surface area contributed by atoms with E-state index in [4.69, 9.17) is 16.3 Å². The van der Waals surface area contributed by atoms with Crippen molar-refractivity contribution in [3.05, 3.63) is 46.1 Å². The summed E-state index contributed by atoms with van der Waals surface area (Å²) in [5.74, 6) is -0.0415. The number of benzene rings is 1. The van der Waals surface area contributed by atoms with E-state index in [1.165, 1.54) is 5.56 Å². The van der Waals surface area contributed by atoms with E-state index in [-0.39, 0.29) is 5.91 Å². The number of carbonyl (C=O) groups is 1. The Morgan fingerprint density at radius 3 is 2.79 bits per heavy atom. The molecule has 0 atom stereocenters. The predicted molar refractivity (Wildman–Crippen MR) is 95.0 cm³/mol. The van der Waals surface area contributed by atoms with Crippen LogP contribution in [0, 0.1) is 0 Å². The molecule has 1 fully saturated rings. The number of carbonyl (C=O) groups excluding carboxylic acids is 1. The van der Waals surface area contributed by atoms with Crippen LogP contribution in [0.25, 0.3) is 0 Å². The molecule has 2 aliphatic heterocycles. The molecule has 1 amide bonds. The molecule has 24 heavy (non-hydrogen) atoms. The van der Waals surface area contributed by atoms with Gasteiger partial charge in [0.1, 0.15) is 0 Å². The van der Waals surface area contributed by atoms with Crippen molar-refractivity contribution in [3.63, 3.8) is 0 Å². The lowest BCUT2D eigenvalue weighted by molar-refractivity contribution is -0.113. The Labute approximate surface area is 146 Å². The Morgan fingerprint density at radius 2 is 1.96 bits per heavy atom. The van der Waals surface area contributed by atoms with Crippen LogP contribution in [0.3, 0.4) is 0 Å². The number of ether oxygens (including phenoxy) is 1. The summed E-state index contributed by atoms with van der Waals surface area (Å²) in [6.45, 7) is 4.33. The van der Waals surface area contributed by atoms with Gasteiger partial charge in [0.25, 0.3) is 5.91 Å². The number of amides is 1. The summed E-state index contributed by atoms with van der Waals surface area (Å²) < 4.78 is 5.39. The van der Waals surface area contributed by atoms with Crippen molar-refractivity contribution >= 4 is 28.9 Å². The number of halogens is 1. The molecule has 0 saturated carbocycles. The minimum Gasteiger partial charge on any atom is -0.379 e. The van der Waals surface area contributed by atoms with E-state index in [0.29, 0.717) is 12.8 Å². The van der Waals surface area contributed by atoms with Gasteiger partial charge in [-0.3, -0.25) is 9.69 Å². The maximum Gasteiger partial charge on any atom is 0.253 e. The lowest BCUT2D eigenvalue weighted by atomic mass is 10.0. The highest BCUT2D eigenvalue weighted by atomic mass is 35.5. The van der Waals surface area contributed by atoms with Crippen LogP contribution in [-0.2, 0) is 16.1 Å².